The minimum Gasteiger partial charge on any atom is -0.395 e. The van der Waals surface area contributed by atoms with E-state index in [1.807, 2.05) is 25.1 Å². The highest BCUT2D eigenvalue weighted by Gasteiger charge is 2.49. The molecule has 0 aromatic heterocycles. The zero-order valence-electron chi connectivity index (χ0n) is 9.49. The molecular weight excluding hydrogens is 202 g/mol. The van der Waals surface area contributed by atoms with Gasteiger partial charge in [0.1, 0.15) is 0 Å². The molecule has 1 fully saturated rings. The fourth-order valence-electron chi connectivity index (χ4n) is 1.80. The van der Waals surface area contributed by atoms with Gasteiger partial charge in [-0.25, -0.2) is 0 Å². The molecule has 3 nitrogen and oxygen atoms in total. The van der Waals surface area contributed by atoms with Crippen LogP contribution in [0.2, 0.25) is 0 Å². The summed E-state index contributed by atoms with van der Waals surface area (Å²) >= 11 is 0. The molecule has 1 saturated carbocycles. The van der Waals surface area contributed by atoms with Crippen LogP contribution in [0, 0.1) is 12.3 Å². The van der Waals surface area contributed by atoms with Crippen molar-refractivity contribution in [1.82, 2.24) is 5.32 Å². The molecule has 0 radical (unpaired) electrons. The molecule has 1 aliphatic carbocycles. The summed E-state index contributed by atoms with van der Waals surface area (Å²) in [6.07, 6.45) is 1.62. The fourth-order valence-corrected chi connectivity index (χ4v) is 1.80. The minimum absolute atomic E-state index is 0.0171. The average Bonchev–Trinajstić information content (AvgIpc) is 3.07. The number of nitrogens with one attached hydrogen (secondary N) is 1. The lowest BCUT2D eigenvalue weighted by atomic mass is 10.1. The van der Waals surface area contributed by atoms with E-state index < -0.39 is 5.41 Å². The summed E-state index contributed by atoms with van der Waals surface area (Å²) in [6.45, 7) is 2.54. The van der Waals surface area contributed by atoms with Gasteiger partial charge in [-0.05, 0) is 25.3 Å². The summed E-state index contributed by atoms with van der Waals surface area (Å²) < 4.78 is 0. The molecule has 0 unspecified atom stereocenters. The van der Waals surface area contributed by atoms with E-state index in [0.717, 1.165) is 18.4 Å². The zero-order valence-corrected chi connectivity index (χ0v) is 9.49. The Bertz CT molecular complexity index is 397. The van der Waals surface area contributed by atoms with E-state index >= 15 is 0 Å². The van der Waals surface area contributed by atoms with E-state index in [9.17, 15) is 4.79 Å². The first-order valence-corrected chi connectivity index (χ1v) is 5.61. The third-order valence-electron chi connectivity index (χ3n) is 3.17. The Kier molecular flexibility index (Phi) is 2.97. The number of aryl methyl sites for hydroxylation is 1. The molecule has 2 N–H and O–H groups in total. The van der Waals surface area contributed by atoms with Crippen molar-refractivity contribution >= 4 is 5.91 Å². The standard InChI is InChI=1S/C13H17NO2/c1-10-3-2-4-11(7-10)8-14-12(16)13(9-15)5-6-13/h2-4,7,15H,5-6,8-9H2,1H3,(H,14,16). The molecule has 2 rings (SSSR count). The Hall–Kier alpha value is -1.35. The van der Waals surface area contributed by atoms with Crippen LogP contribution in [-0.4, -0.2) is 17.6 Å². The summed E-state index contributed by atoms with van der Waals surface area (Å²) in [5.41, 5.74) is 1.82. The molecule has 16 heavy (non-hydrogen) atoms. The lowest BCUT2D eigenvalue weighted by Crippen LogP contribution is -2.33. The first-order valence-electron chi connectivity index (χ1n) is 5.61. The molecule has 0 atom stereocenters. The first kappa shape index (κ1) is 11.1. The van der Waals surface area contributed by atoms with Gasteiger partial charge >= 0.3 is 0 Å². The van der Waals surface area contributed by atoms with Crippen LogP contribution in [-0.2, 0) is 11.3 Å². The Labute approximate surface area is 95.5 Å². The largest absolute Gasteiger partial charge is 0.395 e. The third kappa shape index (κ3) is 2.25. The van der Waals surface area contributed by atoms with Crippen molar-refractivity contribution in [2.75, 3.05) is 6.61 Å². The number of aliphatic hydroxyl groups is 1. The van der Waals surface area contributed by atoms with Crippen molar-refractivity contribution in [3.8, 4) is 0 Å². The number of amides is 1. The molecule has 0 heterocycles. The van der Waals surface area contributed by atoms with Crippen LogP contribution >= 0.6 is 0 Å². The van der Waals surface area contributed by atoms with E-state index in [-0.39, 0.29) is 12.5 Å². The van der Waals surface area contributed by atoms with Crippen molar-refractivity contribution in [3.05, 3.63) is 35.4 Å². The fraction of sp³-hybridized carbons (Fsp3) is 0.462. The van der Waals surface area contributed by atoms with E-state index in [2.05, 4.69) is 11.4 Å². The van der Waals surface area contributed by atoms with Gasteiger partial charge in [0.25, 0.3) is 0 Å². The Morgan fingerprint density at radius 3 is 2.81 bits per heavy atom. The molecule has 0 spiro atoms. The molecule has 1 aromatic rings. The monoisotopic (exact) mass is 219 g/mol. The molecule has 0 saturated heterocycles. The number of benzene rings is 1. The summed E-state index contributed by atoms with van der Waals surface area (Å²) in [4.78, 5) is 11.7. The van der Waals surface area contributed by atoms with Crippen LogP contribution in [0.3, 0.4) is 0 Å². The van der Waals surface area contributed by atoms with E-state index in [4.69, 9.17) is 5.11 Å². The molecule has 1 aromatic carbocycles. The predicted molar refractivity (Wildman–Crippen MR) is 61.8 cm³/mol. The van der Waals surface area contributed by atoms with Crippen molar-refractivity contribution < 1.29 is 9.90 Å². The van der Waals surface area contributed by atoms with Gasteiger partial charge in [-0.1, -0.05) is 29.8 Å². The number of rotatable bonds is 4. The number of hydrogen-bond donors (Lipinski definition) is 2. The van der Waals surface area contributed by atoms with Crippen LogP contribution in [0.25, 0.3) is 0 Å². The van der Waals surface area contributed by atoms with Crippen molar-refractivity contribution in [1.29, 1.82) is 0 Å². The van der Waals surface area contributed by atoms with E-state index in [0.29, 0.717) is 6.54 Å². The Balaban J connectivity index is 1.90. The van der Waals surface area contributed by atoms with Crippen molar-refractivity contribution in [2.45, 2.75) is 26.3 Å². The molecule has 3 heteroatoms. The van der Waals surface area contributed by atoms with Gasteiger partial charge in [0.05, 0.1) is 12.0 Å². The Morgan fingerprint density at radius 1 is 1.50 bits per heavy atom. The van der Waals surface area contributed by atoms with E-state index in [1.54, 1.807) is 0 Å². The van der Waals surface area contributed by atoms with Gasteiger partial charge in [0, 0.05) is 6.54 Å². The van der Waals surface area contributed by atoms with Crippen LogP contribution < -0.4 is 5.32 Å². The van der Waals surface area contributed by atoms with Crippen molar-refractivity contribution in [2.24, 2.45) is 5.41 Å². The number of carbonyl (C=O) groups is 1. The summed E-state index contributed by atoms with van der Waals surface area (Å²) in [7, 11) is 0. The SMILES string of the molecule is Cc1cccc(CNC(=O)C2(CO)CC2)c1. The second-order valence-electron chi connectivity index (χ2n) is 4.61. The van der Waals surface area contributed by atoms with Gasteiger partial charge in [-0.2, -0.15) is 0 Å². The van der Waals surface area contributed by atoms with Crippen molar-refractivity contribution in [3.63, 3.8) is 0 Å². The summed E-state index contributed by atoms with van der Waals surface area (Å²) in [5, 5.41) is 12.0. The lowest BCUT2D eigenvalue weighted by molar-refractivity contribution is -0.127. The third-order valence-corrected chi connectivity index (χ3v) is 3.17. The molecule has 0 bridgehead atoms. The second kappa shape index (κ2) is 4.26. The maximum absolute atomic E-state index is 11.7. The average molecular weight is 219 g/mol. The van der Waals surface area contributed by atoms with Crippen LogP contribution in [0.5, 0.6) is 0 Å². The lowest BCUT2D eigenvalue weighted by Gasteiger charge is -2.12. The molecule has 1 aliphatic rings. The Morgan fingerprint density at radius 2 is 2.25 bits per heavy atom. The maximum Gasteiger partial charge on any atom is 0.228 e. The summed E-state index contributed by atoms with van der Waals surface area (Å²) in [6, 6.07) is 8.06. The normalized spacial score (nSPS) is 16.9. The number of aliphatic hydroxyl groups excluding tert-OH is 1. The van der Waals surface area contributed by atoms with Gasteiger partial charge in [-0.15, -0.1) is 0 Å². The number of carbonyl (C=O) groups excluding carboxylic acids is 1. The molecule has 86 valence electrons. The highest BCUT2D eigenvalue weighted by molar-refractivity contribution is 5.85. The maximum atomic E-state index is 11.7. The first-order chi connectivity index (χ1) is 7.66. The molecule has 1 amide bonds. The topological polar surface area (TPSA) is 49.3 Å². The highest BCUT2D eigenvalue weighted by atomic mass is 16.3. The predicted octanol–water partition coefficient (Wildman–Crippen LogP) is 1.38. The second-order valence-corrected chi connectivity index (χ2v) is 4.61. The van der Waals surface area contributed by atoms with Crippen LogP contribution in [0.4, 0.5) is 0 Å². The molecular formula is C13H17NO2. The van der Waals surface area contributed by atoms with Gasteiger partial charge in [0.2, 0.25) is 5.91 Å². The smallest absolute Gasteiger partial charge is 0.228 e. The van der Waals surface area contributed by atoms with Gasteiger partial charge < -0.3 is 10.4 Å². The van der Waals surface area contributed by atoms with Gasteiger partial charge in [0.15, 0.2) is 0 Å². The summed E-state index contributed by atoms with van der Waals surface area (Å²) in [5.74, 6) is -0.0171. The molecule has 0 aliphatic heterocycles. The van der Waals surface area contributed by atoms with E-state index in [1.165, 1.54) is 5.56 Å². The number of hydrogen-bond acceptors (Lipinski definition) is 2. The quantitative estimate of drug-likeness (QED) is 0.803. The highest BCUT2D eigenvalue weighted by Crippen LogP contribution is 2.45. The van der Waals surface area contributed by atoms with Gasteiger partial charge in [-0.3, -0.25) is 4.79 Å². The zero-order chi connectivity index (χ0) is 11.6. The minimum atomic E-state index is -0.468. The van der Waals surface area contributed by atoms with Crippen LogP contribution in [0.15, 0.2) is 24.3 Å². The van der Waals surface area contributed by atoms with Crippen LogP contribution in [0.1, 0.15) is 24.0 Å².